The first-order valence-electron chi connectivity index (χ1n) is 7.71. The van der Waals surface area contributed by atoms with Crippen molar-refractivity contribution in [3.63, 3.8) is 0 Å². The molecular weight excluding hydrogens is 298 g/mol. The molecule has 1 saturated carbocycles. The van der Waals surface area contributed by atoms with E-state index in [0.717, 1.165) is 12.0 Å². The van der Waals surface area contributed by atoms with Crippen molar-refractivity contribution in [1.29, 1.82) is 0 Å². The Morgan fingerprint density at radius 2 is 1.91 bits per heavy atom. The van der Waals surface area contributed by atoms with Gasteiger partial charge in [0.05, 0.1) is 11.0 Å². The van der Waals surface area contributed by atoms with Gasteiger partial charge in [0.25, 0.3) is 5.69 Å². The van der Waals surface area contributed by atoms with Gasteiger partial charge in [-0.15, -0.1) is 11.3 Å². The SMILES string of the molecule is O=[N+]([O-])c1ccc([C@@H]2O[C@@H]3CCCC[C@@H]3c3sccc32)cc1. The Bertz CT molecular complexity index is 694. The number of fused-ring (bicyclic) bond motifs is 3. The fourth-order valence-electron chi connectivity index (χ4n) is 3.69. The third kappa shape index (κ3) is 2.25. The number of nitrogens with zero attached hydrogens (tertiary/aromatic N) is 1. The molecule has 2 aliphatic rings. The van der Waals surface area contributed by atoms with Crippen molar-refractivity contribution in [2.75, 3.05) is 0 Å². The van der Waals surface area contributed by atoms with Gasteiger partial charge in [-0.25, -0.2) is 0 Å². The second-order valence-electron chi connectivity index (χ2n) is 6.03. The van der Waals surface area contributed by atoms with E-state index in [0.29, 0.717) is 12.0 Å². The van der Waals surface area contributed by atoms with Gasteiger partial charge in [0.15, 0.2) is 0 Å². The highest BCUT2D eigenvalue weighted by molar-refractivity contribution is 7.10. The van der Waals surface area contributed by atoms with Crippen LogP contribution in [0.2, 0.25) is 0 Å². The summed E-state index contributed by atoms with van der Waals surface area (Å²) in [6, 6.07) is 8.94. The van der Waals surface area contributed by atoms with E-state index in [1.54, 1.807) is 12.1 Å². The Labute approximate surface area is 132 Å². The smallest absolute Gasteiger partial charge is 0.269 e. The van der Waals surface area contributed by atoms with Gasteiger partial charge in [0.2, 0.25) is 0 Å². The number of hydrogen-bond acceptors (Lipinski definition) is 4. The van der Waals surface area contributed by atoms with Crippen LogP contribution in [0, 0.1) is 10.1 Å². The Morgan fingerprint density at radius 3 is 2.68 bits per heavy atom. The summed E-state index contributed by atoms with van der Waals surface area (Å²) in [5.74, 6) is 0.540. The summed E-state index contributed by atoms with van der Waals surface area (Å²) >= 11 is 1.83. The fraction of sp³-hybridized carbons (Fsp3) is 0.412. The monoisotopic (exact) mass is 315 g/mol. The molecule has 1 fully saturated rings. The highest BCUT2D eigenvalue weighted by Gasteiger charge is 2.38. The summed E-state index contributed by atoms with van der Waals surface area (Å²) in [6.07, 6.45) is 5.05. The maximum atomic E-state index is 10.8. The van der Waals surface area contributed by atoms with Gasteiger partial charge in [0.1, 0.15) is 6.10 Å². The molecule has 1 aromatic carbocycles. The molecule has 0 spiro atoms. The van der Waals surface area contributed by atoms with Crippen LogP contribution in [0.1, 0.15) is 53.7 Å². The average Bonchev–Trinajstić information content (AvgIpc) is 3.04. The van der Waals surface area contributed by atoms with E-state index >= 15 is 0 Å². The normalized spacial score (nSPS) is 27.0. The molecule has 2 aromatic rings. The van der Waals surface area contributed by atoms with Gasteiger partial charge in [-0.05, 0) is 47.5 Å². The predicted molar refractivity (Wildman–Crippen MR) is 85.3 cm³/mol. The van der Waals surface area contributed by atoms with Crippen molar-refractivity contribution in [3.8, 4) is 0 Å². The van der Waals surface area contributed by atoms with Crippen molar-refractivity contribution >= 4 is 17.0 Å². The number of benzene rings is 1. The first-order chi connectivity index (χ1) is 10.7. The van der Waals surface area contributed by atoms with Gasteiger partial charge in [-0.3, -0.25) is 10.1 Å². The molecule has 5 heteroatoms. The van der Waals surface area contributed by atoms with Gasteiger partial charge in [0, 0.05) is 22.9 Å². The predicted octanol–water partition coefficient (Wildman–Crippen LogP) is 4.80. The zero-order valence-electron chi connectivity index (χ0n) is 12.1. The molecule has 1 aliphatic heterocycles. The summed E-state index contributed by atoms with van der Waals surface area (Å²) in [4.78, 5) is 11.9. The standard InChI is InChI=1S/C17H17NO3S/c19-18(20)12-7-5-11(6-8-12)16-14-9-10-22-17(14)13-3-1-2-4-15(13)21-16/h5-10,13,15-16H,1-4H2/t13-,15+,16-/m0/s1. The van der Waals surface area contributed by atoms with Crippen LogP contribution in [0.25, 0.3) is 0 Å². The summed E-state index contributed by atoms with van der Waals surface area (Å²) in [6.45, 7) is 0. The number of rotatable bonds is 2. The minimum atomic E-state index is -0.362. The number of hydrogen-bond donors (Lipinski definition) is 0. The lowest BCUT2D eigenvalue weighted by Crippen LogP contribution is -2.32. The molecule has 1 aliphatic carbocycles. The quantitative estimate of drug-likeness (QED) is 0.590. The third-order valence-corrected chi connectivity index (χ3v) is 5.83. The van der Waals surface area contributed by atoms with Crippen LogP contribution in [0.5, 0.6) is 0 Å². The molecule has 2 heterocycles. The molecule has 0 N–H and O–H groups in total. The molecule has 4 nitrogen and oxygen atoms in total. The van der Waals surface area contributed by atoms with E-state index in [2.05, 4.69) is 11.4 Å². The van der Waals surface area contributed by atoms with Crippen molar-refractivity contribution in [1.82, 2.24) is 0 Å². The number of non-ortho nitro benzene ring substituents is 1. The fourth-order valence-corrected chi connectivity index (χ4v) is 4.80. The van der Waals surface area contributed by atoms with Gasteiger partial charge in [-0.1, -0.05) is 12.8 Å². The summed E-state index contributed by atoms with van der Waals surface area (Å²) in [5.41, 5.74) is 2.39. The van der Waals surface area contributed by atoms with E-state index in [9.17, 15) is 10.1 Å². The summed E-state index contributed by atoms with van der Waals surface area (Å²) in [5, 5.41) is 13.0. The highest BCUT2D eigenvalue weighted by Crippen LogP contribution is 2.48. The summed E-state index contributed by atoms with van der Waals surface area (Å²) < 4.78 is 6.40. The number of nitro benzene ring substituents is 1. The number of nitro groups is 1. The third-order valence-electron chi connectivity index (χ3n) is 4.77. The number of thiophene rings is 1. The van der Waals surface area contributed by atoms with Gasteiger partial charge < -0.3 is 4.74 Å². The molecule has 0 saturated heterocycles. The topological polar surface area (TPSA) is 52.4 Å². The van der Waals surface area contributed by atoms with Crippen molar-refractivity contribution < 1.29 is 9.66 Å². The van der Waals surface area contributed by atoms with Crippen LogP contribution in [0.4, 0.5) is 5.69 Å². The first kappa shape index (κ1) is 13.9. The molecule has 22 heavy (non-hydrogen) atoms. The molecule has 0 bridgehead atoms. The van der Waals surface area contributed by atoms with Crippen LogP contribution in [-0.2, 0) is 4.74 Å². The Kier molecular flexibility index (Phi) is 3.47. The Morgan fingerprint density at radius 1 is 1.14 bits per heavy atom. The van der Waals surface area contributed by atoms with Gasteiger partial charge >= 0.3 is 0 Å². The van der Waals surface area contributed by atoms with Crippen LogP contribution < -0.4 is 0 Å². The van der Waals surface area contributed by atoms with Crippen molar-refractivity contribution in [3.05, 3.63) is 61.8 Å². The minimum Gasteiger partial charge on any atom is -0.365 e. The van der Waals surface area contributed by atoms with E-state index in [-0.39, 0.29) is 16.7 Å². The molecule has 1 aromatic heterocycles. The van der Waals surface area contributed by atoms with Crippen LogP contribution in [-0.4, -0.2) is 11.0 Å². The van der Waals surface area contributed by atoms with E-state index in [1.165, 1.54) is 29.7 Å². The molecule has 114 valence electrons. The van der Waals surface area contributed by atoms with Crippen LogP contribution in [0.15, 0.2) is 35.7 Å². The Hall–Kier alpha value is -1.72. The van der Waals surface area contributed by atoms with Crippen molar-refractivity contribution in [2.45, 2.75) is 43.8 Å². The number of ether oxygens (including phenoxy) is 1. The molecule has 0 unspecified atom stereocenters. The molecule has 0 radical (unpaired) electrons. The maximum absolute atomic E-state index is 10.8. The Balaban J connectivity index is 1.71. The van der Waals surface area contributed by atoms with E-state index < -0.39 is 0 Å². The highest BCUT2D eigenvalue weighted by atomic mass is 32.1. The molecular formula is C17H17NO3S. The summed E-state index contributed by atoms with van der Waals surface area (Å²) in [7, 11) is 0. The average molecular weight is 315 g/mol. The second-order valence-corrected chi connectivity index (χ2v) is 6.98. The molecule has 0 amide bonds. The van der Waals surface area contributed by atoms with Crippen LogP contribution in [0.3, 0.4) is 0 Å². The maximum Gasteiger partial charge on any atom is 0.269 e. The first-order valence-corrected chi connectivity index (χ1v) is 8.59. The lowest BCUT2D eigenvalue weighted by Gasteiger charge is -2.39. The van der Waals surface area contributed by atoms with Crippen LogP contribution >= 0.6 is 11.3 Å². The second kappa shape index (κ2) is 5.48. The lowest BCUT2D eigenvalue weighted by atomic mass is 9.80. The lowest BCUT2D eigenvalue weighted by molar-refractivity contribution is -0.384. The van der Waals surface area contributed by atoms with E-state index in [1.807, 2.05) is 23.5 Å². The van der Waals surface area contributed by atoms with Gasteiger partial charge in [-0.2, -0.15) is 0 Å². The largest absolute Gasteiger partial charge is 0.365 e. The van der Waals surface area contributed by atoms with E-state index in [4.69, 9.17) is 4.74 Å². The van der Waals surface area contributed by atoms with Crippen molar-refractivity contribution in [2.24, 2.45) is 0 Å². The molecule has 4 rings (SSSR count). The zero-order chi connectivity index (χ0) is 15.1. The zero-order valence-corrected chi connectivity index (χ0v) is 12.9. The minimum absolute atomic E-state index is 0.0820. The molecule has 3 atom stereocenters.